The third-order valence-corrected chi connectivity index (χ3v) is 13.2. The molecule has 130 valence electrons. The molecule has 0 aromatic rings. The second kappa shape index (κ2) is 6.66. The van der Waals surface area contributed by atoms with Crippen molar-refractivity contribution < 1.29 is 4.43 Å². The van der Waals surface area contributed by atoms with E-state index in [4.69, 9.17) is 4.43 Å². The van der Waals surface area contributed by atoms with Gasteiger partial charge in [-0.1, -0.05) is 63.6 Å². The van der Waals surface area contributed by atoms with E-state index in [0.29, 0.717) is 16.6 Å². The summed E-state index contributed by atoms with van der Waals surface area (Å²) in [7, 11) is -1.64. The summed E-state index contributed by atoms with van der Waals surface area (Å²) in [5.74, 6) is 2.59. The predicted molar refractivity (Wildman–Crippen MR) is 108 cm³/mol. The Kier molecular flexibility index (Phi) is 5.83. The van der Waals surface area contributed by atoms with Crippen LogP contribution in [0.15, 0.2) is 0 Å². The van der Waals surface area contributed by atoms with Gasteiger partial charge in [0.15, 0.2) is 8.32 Å². The Hall–Kier alpha value is 0.907. The third kappa shape index (κ3) is 3.46. The van der Waals surface area contributed by atoms with Gasteiger partial charge in [-0.2, -0.15) is 0 Å². The number of hydrogen-bond acceptors (Lipinski definition) is 1. The first-order chi connectivity index (χ1) is 10.0. The fourth-order valence-electron chi connectivity index (χ4n) is 4.90. The molecular formula is C19H37IOSi. The minimum absolute atomic E-state index is 0.328. The molecule has 22 heavy (non-hydrogen) atoms. The second-order valence-electron chi connectivity index (χ2n) is 9.74. The van der Waals surface area contributed by atoms with Crippen LogP contribution in [0.5, 0.6) is 0 Å². The van der Waals surface area contributed by atoms with Crippen LogP contribution in [0.4, 0.5) is 0 Å². The van der Waals surface area contributed by atoms with Crippen LogP contribution in [0, 0.1) is 23.2 Å². The van der Waals surface area contributed by atoms with Gasteiger partial charge in [-0.15, -0.1) is 0 Å². The van der Waals surface area contributed by atoms with Gasteiger partial charge in [-0.3, -0.25) is 0 Å². The maximum Gasteiger partial charge on any atom is 0.192 e. The van der Waals surface area contributed by atoms with E-state index < -0.39 is 8.32 Å². The highest BCUT2D eigenvalue weighted by molar-refractivity contribution is 14.1. The number of alkyl halides is 1. The lowest BCUT2D eigenvalue weighted by molar-refractivity contribution is -0.0179. The lowest BCUT2D eigenvalue weighted by Crippen LogP contribution is -2.50. The molecule has 2 fully saturated rings. The summed E-state index contributed by atoms with van der Waals surface area (Å²) in [4.78, 5) is 0. The van der Waals surface area contributed by atoms with Crippen LogP contribution < -0.4 is 0 Å². The van der Waals surface area contributed by atoms with E-state index in [1.54, 1.807) is 0 Å². The first-order valence-corrected chi connectivity index (χ1v) is 13.7. The highest BCUT2D eigenvalue weighted by Gasteiger charge is 2.54. The van der Waals surface area contributed by atoms with E-state index in [9.17, 15) is 0 Å². The van der Waals surface area contributed by atoms with Crippen molar-refractivity contribution >= 4 is 30.9 Å². The molecule has 0 saturated heterocycles. The molecule has 0 N–H and O–H groups in total. The zero-order valence-corrected chi connectivity index (χ0v) is 19.0. The topological polar surface area (TPSA) is 9.23 Å². The third-order valence-electron chi connectivity index (χ3n) is 7.32. The molecule has 0 heterocycles. The lowest BCUT2D eigenvalue weighted by Gasteiger charge is -2.49. The summed E-state index contributed by atoms with van der Waals surface area (Å²) in [5.41, 5.74) is 0.538. The number of halogens is 1. The molecule has 0 spiro atoms. The van der Waals surface area contributed by atoms with Crippen molar-refractivity contribution in [2.75, 3.05) is 4.43 Å². The monoisotopic (exact) mass is 436 g/mol. The first-order valence-electron chi connectivity index (χ1n) is 9.27. The fraction of sp³-hybridized carbons (Fsp3) is 1.00. The van der Waals surface area contributed by atoms with Gasteiger partial charge in [0.05, 0.1) is 0 Å². The van der Waals surface area contributed by atoms with Crippen LogP contribution in [0.2, 0.25) is 18.1 Å². The molecule has 0 radical (unpaired) electrons. The standard InChI is InChI=1S/C19H37IOSi/c1-14(13-20)15-10-11-16-17(9-8-12-19(15,16)5)21-22(6,7)18(2,3)4/h14-17H,8-13H2,1-7H3. The van der Waals surface area contributed by atoms with E-state index >= 15 is 0 Å². The normalized spacial score (nSPS) is 37.9. The summed E-state index contributed by atoms with van der Waals surface area (Å²) in [6.07, 6.45) is 7.48. The minimum atomic E-state index is -1.64. The minimum Gasteiger partial charge on any atom is -0.414 e. The van der Waals surface area contributed by atoms with Crippen LogP contribution in [-0.4, -0.2) is 18.8 Å². The zero-order valence-electron chi connectivity index (χ0n) is 15.8. The molecule has 2 aliphatic carbocycles. The van der Waals surface area contributed by atoms with Crippen LogP contribution in [-0.2, 0) is 4.43 Å². The molecule has 0 aromatic heterocycles. The molecule has 0 aromatic carbocycles. The van der Waals surface area contributed by atoms with E-state index in [-0.39, 0.29) is 0 Å². The zero-order chi connectivity index (χ0) is 16.8. The highest BCUT2D eigenvalue weighted by atomic mass is 127. The van der Waals surface area contributed by atoms with Crippen molar-refractivity contribution in [3.63, 3.8) is 0 Å². The van der Waals surface area contributed by atoms with Crippen molar-refractivity contribution in [1.82, 2.24) is 0 Å². The van der Waals surface area contributed by atoms with Crippen molar-refractivity contribution in [3.05, 3.63) is 0 Å². The molecule has 2 aliphatic rings. The van der Waals surface area contributed by atoms with Crippen LogP contribution >= 0.6 is 22.6 Å². The summed E-state index contributed by atoms with van der Waals surface area (Å²) >= 11 is 2.59. The van der Waals surface area contributed by atoms with Crippen molar-refractivity contribution in [3.8, 4) is 0 Å². The maximum absolute atomic E-state index is 6.92. The van der Waals surface area contributed by atoms with E-state index in [0.717, 1.165) is 17.8 Å². The van der Waals surface area contributed by atoms with E-state index in [1.165, 1.54) is 36.5 Å². The smallest absolute Gasteiger partial charge is 0.192 e. The average molecular weight is 436 g/mol. The molecule has 5 atom stereocenters. The summed E-state index contributed by atoms with van der Waals surface area (Å²) in [6.45, 7) is 17.0. The Morgan fingerprint density at radius 2 is 1.86 bits per heavy atom. The number of rotatable bonds is 4. The Morgan fingerprint density at radius 3 is 2.41 bits per heavy atom. The average Bonchev–Trinajstić information content (AvgIpc) is 2.74. The molecule has 1 nitrogen and oxygen atoms in total. The quantitative estimate of drug-likeness (QED) is 0.272. The Balaban J connectivity index is 2.17. The van der Waals surface area contributed by atoms with Gasteiger partial charge in [0.25, 0.3) is 0 Å². The van der Waals surface area contributed by atoms with Crippen molar-refractivity contribution in [2.45, 2.75) is 91.0 Å². The van der Waals surface area contributed by atoms with Gasteiger partial charge < -0.3 is 4.43 Å². The van der Waals surface area contributed by atoms with Gasteiger partial charge in [0.1, 0.15) is 0 Å². The SMILES string of the molecule is CC(CI)C1CCC2C(O[Si](C)(C)C(C)(C)C)CCCC12C. The molecule has 0 amide bonds. The molecular weight excluding hydrogens is 399 g/mol. The van der Waals surface area contributed by atoms with Crippen LogP contribution in [0.25, 0.3) is 0 Å². The molecule has 2 saturated carbocycles. The lowest BCUT2D eigenvalue weighted by atomic mass is 9.62. The van der Waals surface area contributed by atoms with Gasteiger partial charge >= 0.3 is 0 Å². The molecule has 0 aliphatic heterocycles. The Labute approximate surface area is 153 Å². The molecule has 0 bridgehead atoms. The van der Waals surface area contributed by atoms with E-state index in [1.807, 2.05) is 0 Å². The summed E-state index contributed by atoms with van der Waals surface area (Å²) in [6, 6.07) is 0. The Bertz CT molecular complexity index is 389. The summed E-state index contributed by atoms with van der Waals surface area (Å²) < 4.78 is 8.23. The van der Waals surface area contributed by atoms with Gasteiger partial charge in [-0.05, 0) is 67.0 Å². The maximum atomic E-state index is 6.92. The highest BCUT2D eigenvalue weighted by Crippen LogP contribution is 2.59. The van der Waals surface area contributed by atoms with Crippen LogP contribution in [0.1, 0.15) is 66.7 Å². The van der Waals surface area contributed by atoms with Gasteiger partial charge in [0.2, 0.25) is 0 Å². The van der Waals surface area contributed by atoms with Crippen molar-refractivity contribution in [1.29, 1.82) is 0 Å². The fourth-order valence-corrected chi connectivity index (χ4v) is 6.90. The number of fused-ring (bicyclic) bond motifs is 1. The van der Waals surface area contributed by atoms with Gasteiger partial charge in [0, 0.05) is 10.5 Å². The largest absolute Gasteiger partial charge is 0.414 e. The first kappa shape index (κ1) is 19.2. The Morgan fingerprint density at radius 1 is 1.23 bits per heavy atom. The second-order valence-corrected chi connectivity index (χ2v) is 15.4. The molecule has 3 heteroatoms. The van der Waals surface area contributed by atoms with Crippen molar-refractivity contribution in [2.24, 2.45) is 23.2 Å². The predicted octanol–water partition coefficient (Wildman–Crippen LogP) is 6.66. The van der Waals surface area contributed by atoms with E-state index in [2.05, 4.69) is 70.3 Å². The number of hydrogen-bond donors (Lipinski definition) is 0. The molecule has 2 rings (SSSR count). The van der Waals surface area contributed by atoms with Crippen LogP contribution in [0.3, 0.4) is 0 Å². The summed E-state index contributed by atoms with van der Waals surface area (Å²) in [5, 5.41) is 0.328. The molecule has 5 unspecified atom stereocenters. The van der Waals surface area contributed by atoms with Gasteiger partial charge in [-0.25, -0.2) is 0 Å².